The van der Waals surface area contributed by atoms with Crippen LogP contribution in [0.5, 0.6) is 0 Å². The standard InChI is InChI=1S/C11H23Si/c1-8-6-7-9(12)11(8,5)10(2,3)4/h8H,6-7H2,1-5,12H3. The van der Waals surface area contributed by atoms with Gasteiger partial charge in [-0.25, -0.2) is 0 Å². The van der Waals surface area contributed by atoms with Gasteiger partial charge in [-0.15, -0.1) is 0 Å². The zero-order valence-electron chi connectivity index (χ0n) is 9.49. The van der Waals surface area contributed by atoms with E-state index in [1.54, 1.807) is 0 Å². The fraction of sp³-hybridized carbons (Fsp3) is 0.909. The maximum Gasteiger partial charge on any atom is 0.0117 e. The summed E-state index contributed by atoms with van der Waals surface area (Å²) in [4.78, 5) is 0. The minimum atomic E-state index is 0.458. The van der Waals surface area contributed by atoms with Gasteiger partial charge in [-0.2, -0.15) is 0 Å². The third kappa shape index (κ3) is 1.26. The van der Waals surface area contributed by atoms with Gasteiger partial charge in [-0.3, -0.25) is 0 Å². The van der Waals surface area contributed by atoms with E-state index in [2.05, 4.69) is 34.6 Å². The van der Waals surface area contributed by atoms with E-state index in [9.17, 15) is 0 Å². The van der Waals surface area contributed by atoms with Gasteiger partial charge in [0.25, 0.3) is 0 Å². The van der Waals surface area contributed by atoms with Crippen LogP contribution < -0.4 is 0 Å². The Labute approximate surface area is 80.6 Å². The van der Waals surface area contributed by atoms with E-state index in [1.807, 2.05) is 5.54 Å². The molecule has 0 nitrogen and oxygen atoms in total. The van der Waals surface area contributed by atoms with Crippen molar-refractivity contribution >= 4 is 10.2 Å². The van der Waals surface area contributed by atoms with Gasteiger partial charge in [0.05, 0.1) is 0 Å². The Morgan fingerprint density at radius 3 is 2.08 bits per heavy atom. The van der Waals surface area contributed by atoms with Crippen molar-refractivity contribution in [2.45, 2.75) is 47.5 Å². The average molecular weight is 183 g/mol. The van der Waals surface area contributed by atoms with Crippen LogP contribution in [-0.4, -0.2) is 10.2 Å². The van der Waals surface area contributed by atoms with Crippen LogP contribution in [0, 0.1) is 22.3 Å². The molecule has 0 N–H and O–H groups in total. The highest BCUT2D eigenvalue weighted by molar-refractivity contribution is 6.19. The molecule has 1 aliphatic carbocycles. The lowest BCUT2D eigenvalue weighted by Crippen LogP contribution is -2.39. The molecule has 0 amide bonds. The molecule has 0 aromatic carbocycles. The number of hydrogen-bond donors (Lipinski definition) is 0. The summed E-state index contributed by atoms with van der Waals surface area (Å²) < 4.78 is 0. The SMILES string of the molecule is CC1CC[C]([SiH3])C1(C)C(C)(C)C. The smallest absolute Gasteiger partial charge is 0.0117 e. The molecule has 1 heteroatoms. The van der Waals surface area contributed by atoms with E-state index in [-0.39, 0.29) is 0 Å². The van der Waals surface area contributed by atoms with Crippen molar-refractivity contribution in [1.29, 1.82) is 0 Å². The van der Waals surface area contributed by atoms with Gasteiger partial charge < -0.3 is 0 Å². The molecule has 2 unspecified atom stereocenters. The van der Waals surface area contributed by atoms with Gasteiger partial charge in [-0.1, -0.05) is 34.6 Å². The molecule has 1 fully saturated rings. The first-order valence-corrected chi connectivity index (χ1v) is 6.13. The van der Waals surface area contributed by atoms with E-state index < -0.39 is 0 Å². The first-order chi connectivity index (χ1) is 5.30. The highest BCUT2D eigenvalue weighted by atomic mass is 28.1. The van der Waals surface area contributed by atoms with Crippen LogP contribution in [0.15, 0.2) is 0 Å². The van der Waals surface area contributed by atoms with Crippen molar-refractivity contribution in [2.75, 3.05) is 0 Å². The molecule has 0 heterocycles. The van der Waals surface area contributed by atoms with Crippen LogP contribution in [0.25, 0.3) is 0 Å². The Morgan fingerprint density at radius 2 is 1.92 bits per heavy atom. The second-order valence-corrected chi connectivity index (χ2v) is 6.88. The molecule has 1 aliphatic rings. The first-order valence-electron chi connectivity index (χ1n) is 5.13. The molecule has 2 atom stereocenters. The van der Waals surface area contributed by atoms with Gasteiger partial charge in [-0.05, 0) is 35.1 Å². The fourth-order valence-corrected chi connectivity index (χ4v) is 4.31. The molecular weight excluding hydrogens is 160 g/mol. The van der Waals surface area contributed by atoms with Crippen LogP contribution in [0.1, 0.15) is 47.5 Å². The van der Waals surface area contributed by atoms with E-state index in [0.29, 0.717) is 10.8 Å². The van der Waals surface area contributed by atoms with E-state index in [4.69, 9.17) is 0 Å². The number of hydrogen-bond acceptors (Lipinski definition) is 0. The monoisotopic (exact) mass is 183 g/mol. The third-order valence-corrected chi connectivity index (χ3v) is 5.92. The Balaban J connectivity index is 2.94. The Hall–Kier alpha value is 0.217. The predicted molar refractivity (Wildman–Crippen MR) is 59.1 cm³/mol. The van der Waals surface area contributed by atoms with E-state index in [1.165, 1.54) is 23.1 Å². The highest BCUT2D eigenvalue weighted by Crippen LogP contribution is 2.57. The molecule has 0 spiro atoms. The van der Waals surface area contributed by atoms with Crippen LogP contribution >= 0.6 is 0 Å². The lowest BCUT2D eigenvalue weighted by Gasteiger charge is -2.46. The van der Waals surface area contributed by atoms with Crippen LogP contribution in [-0.2, 0) is 0 Å². The molecule has 1 radical (unpaired) electrons. The molecule has 0 aliphatic heterocycles. The molecule has 0 aromatic heterocycles. The average Bonchev–Trinajstić information content (AvgIpc) is 2.16. The minimum Gasteiger partial charge on any atom is -0.0620 e. The van der Waals surface area contributed by atoms with Crippen molar-refractivity contribution in [1.82, 2.24) is 0 Å². The third-order valence-electron chi connectivity index (χ3n) is 4.38. The number of rotatable bonds is 0. The van der Waals surface area contributed by atoms with Crippen LogP contribution in [0.4, 0.5) is 0 Å². The summed E-state index contributed by atoms with van der Waals surface area (Å²) in [6.45, 7) is 12.1. The predicted octanol–water partition coefficient (Wildman–Crippen LogP) is 2.37. The van der Waals surface area contributed by atoms with Crippen molar-refractivity contribution in [3.8, 4) is 0 Å². The molecule has 0 bridgehead atoms. The maximum atomic E-state index is 2.48. The molecule has 71 valence electrons. The summed E-state index contributed by atoms with van der Waals surface area (Å²) in [6, 6.07) is 0. The van der Waals surface area contributed by atoms with Gasteiger partial charge >= 0.3 is 0 Å². The quantitative estimate of drug-likeness (QED) is 0.506. The Bertz CT molecular complexity index is 156. The first kappa shape index (κ1) is 10.3. The normalized spacial score (nSPS) is 39.2. The van der Waals surface area contributed by atoms with Crippen molar-refractivity contribution in [3.05, 3.63) is 5.54 Å². The molecular formula is C11H23Si. The molecule has 12 heavy (non-hydrogen) atoms. The van der Waals surface area contributed by atoms with Gasteiger partial charge in [0.15, 0.2) is 0 Å². The highest BCUT2D eigenvalue weighted by Gasteiger charge is 2.49. The summed E-state index contributed by atoms with van der Waals surface area (Å²) in [5.41, 5.74) is 2.83. The van der Waals surface area contributed by atoms with E-state index in [0.717, 1.165) is 5.92 Å². The second kappa shape index (κ2) is 2.86. The maximum absolute atomic E-state index is 2.48. The molecule has 0 saturated heterocycles. The minimum absolute atomic E-state index is 0.458. The van der Waals surface area contributed by atoms with Gasteiger partial charge in [0.2, 0.25) is 0 Å². The lowest BCUT2D eigenvalue weighted by atomic mass is 9.62. The molecule has 1 saturated carbocycles. The lowest BCUT2D eigenvalue weighted by molar-refractivity contribution is 0.0980. The fourth-order valence-electron chi connectivity index (χ4n) is 2.78. The van der Waals surface area contributed by atoms with E-state index >= 15 is 0 Å². The van der Waals surface area contributed by atoms with Gasteiger partial charge in [0, 0.05) is 10.2 Å². The summed E-state index contributed by atoms with van der Waals surface area (Å²) in [6.07, 6.45) is 2.83. The topological polar surface area (TPSA) is 0 Å². The zero-order valence-corrected chi connectivity index (χ0v) is 11.5. The summed E-state index contributed by atoms with van der Waals surface area (Å²) in [5, 5.41) is 0. The van der Waals surface area contributed by atoms with Crippen molar-refractivity contribution in [2.24, 2.45) is 16.7 Å². The summed E-state index contributed by atoms with van der Waals surface area (Å²) in [5.74, 6) is 0.894. The largest absolute Gasteiger partial charge is 0.0620 e. The van der Waals surface area contributed by atoms with Gasteiger partial charge in [0.1, 0.15) is 0 Å². The van der Waals surface area contributed by atoms with Crippen LogP contribution in [0.3, 0.4) is 0 Å². The molecule has 0 aromatic rings. The Morgan fingerprint density at radius 1 is 1.42 bits per heavy atom. The van der Waals surface area contributed by atoms with Crippen molar-refractivity contribution < 1.29 is 0 Å². The zero-order chi connectivity index (χ0) is 9.57. The van der Waals surface area contributed by atoms with Crippen LogP contribution in [0.2, 0.25) is 0 Å². The summed E-state index contributed by atoms with van der Waals surface area (Å²) >= 11 is 0. The Kier molecular flexibility index (Phi) is 2.46. The second-order valence-electron chi connectivity index (χ2n) is 5.67. The molecule has 1 rings (SSSR count). The summed E-state index contributed by atoms with van der Waals surface area (Å²) in [7, 11) is 1.30. The van der Waals surface area contributed by atoms with Crippen molar-refractivity contribution in [3.63, 3.8) is 0 Å².